The summed E-state index contributed by atoms with van der Waals surface area (Å²) in [6.45, 7) is 3.09. The van der Waals surface area contributed by atoms with E-state index in [0.717, 1.165) is 44.5 Å². The summed E-state index contributed by atoms with van der Waals surface area (Å²) in [6, 6.07) is 32.7. The molecule has 4 aromatic rings. The van der Waals surface area contributed by atoms with Gasteiger partial charge in [0.2, 0.25) is 0 Å². The van der Waals surface area contributed by atoms with Gasteiger partial charge >= 0.3 is 0 Å². The van der Waals surface area contributed by atoms with Crippen LogP contribution in [0.5, 0.6) is 11.5 Å². The molecule has 0 aliphatic carbocycles. The Hall–Kier alpha value is -3.51. The highest BCUT2D eigenvalue weighted by atomic mass is 16.5. The van der Waals surface area contributed by atoms with Crippen LogP contribution < -0.4 is 42.8 Å². The monoisotopic (exact) mass is 490 g/mol. The fourth-order valence-corrected chi connectivity index (χ4v) is 3.87. The van der Waals surface area contributed by atoms with Gasteiger partial charge in [0, 0.05) is 13.1 Å². The molecule has 2 radical (unpaired) electrons. The van der Waals surface area contributed by atoms with Crippen LogP contribution in [0.3, 0.4) is 0 Å². The third-order valence-electron chi connectivity index (χ3n) is 5.73. The fourth-order valence-electron chi connectivity index (χ4n) is 3.87. The fraction of sp³-hybridized carbons (Fsp3) is 0.200. The molecule has 0 fully saturated rings. The summed E-state index contributed by atoms with van der Waals surface area (Å²) in [7, 11) is 4.22. The second kappa shape index (κ2) is 14.3. The summed E-state index contributed by atoms with van der Waals surface area (Å²) in [5.41, 5.74) is 17.7. The number of nitrogens with two attached hydrogens (primary N) is 2. The Bertz CT molecular complexity index is 1140. The molecule has 7 heteroatoms. The van der Waals surface area contributed by atoms with Crippen molar-refractivity contribution in [1.82, 2.24) is 0 Å². The number of rotatable bonds is 14. The molecule has 0 spiro atoms. The highest BCUT2D eigenvalue weighted by Gasteiger charge is 2.08. The van der Waals surface area contributed by atoms with Crippen LogP contribution >= 0.6 is 0 Å². The SMILES string of the molecule is NCCOc1ccccc1[B]c1ccc(COCc2ccc([B]c3ccccc3OCCN)cc2)cc1. The van der Waals surface area contributed by atoms with Crippen LogP contribution in [-0.4, -0.2) is 40.9 Å². The largest absolute Gasteiger partial charge is 0.493 e. The highest BCUT2D eigenvalue weighted by molar-refractivity contribution is 6.68. The topological polar surface area (TPSA) is 79.7 Å². The summed E-state index contributed by atoms with van der Waals surface area (Å²) < 4.78 is 17.5. The molecule has 5 nitrogen and oxygen atoms in total. The summed E-state index contributed by atoms with van der Waals surface area (Å²) in [4.78, 5) is 0. The van der Waals surface area contributed by atoms with Gasteiger partial charge in [-0.25, -0.2) is 0 Å². The van der Waals surface area contributed by atoms with E-state index in [0.29, 0.717) is 39.5 Å². The first-order valence-electron chi connectivity index (χ1n) is 12.5. The van der Waals surface area contributed by atoms with Gasteiger partial charge in [0.25, 0.3) is 0 Å². The number of ether oxygens (including phenoxy) is 3. The minimum absolute atomic E-state index is 0.491. The van der Waals surface area contributed by atoms with Gasteiger partial charge in [-0.3, -0.25) is 0 Å². The molecule has 0 amide bonds. The summed E-state index contributed by atoms with van der Waals surface area (Å²) in [5.74, 6) is 1.68. The van der Waals surface area contributed by atoms with Crippen molar-refractivity contribution in [2.75, 3.05) is 26.3 Å². The molecule has 0 heterocycles. The van der Waals surface area contributed by atoms with Crippen LogP contribution in [0.15, 0.2) is 97.1 Å². The zero-order chi connectivity index (χ0) is 25.7. The first-order valence-corrected chi connectivity index (χ1v) is 12.5. The van der Waals surface area contributed by atoms with Gasteiger partial charge in [-0.15, -0.1) is 0 Å². The lowest BCUT2D eigenvalue weighted by molar-refractivity contribution is 0.107. The molecule has 0 aliphatic rings. The molecular weight excluding hydrogens is 458 g/mol. The molecule has 0 saturated heterocycles. The lowest BCUT2D eigenvalue weighted by atomic mass is 9.63. The first kappa shape index (κ1) is 26.6. The van der Waals surface area contributed by atoms with Crippen molar-refractivity contribution in [2.24, 2.45) is 11.5 Å². The molecule has 4 N–H and O–H groups in total. The standard InChI is InChI=1S/C30H32B2N2O3/c33-17-19-36-29-7-3-1-5-27(29)31-25-13-9-23(10-14-25)21-35-22-24-11-15-26(16-12-24)32-28-6-2-4-8-30(28)37-20-18-34/h1-16H,17-22,33-34H2. The quantitative estimate of drug-likeness (QED) is 0.262. The van der Waals surface area contributed by atoms with Crippen molar-refractivity contribution in [3.8, 4) is 11.5 Å². The maximum Gasteiger partial charge on any atom is 0.196 e. The van der Waals surface area contributed by atoms with Crippen LogP contribution in [0, 0.1) is 0 Å². The van der Waals surface area contributed by atoms with Gasteiger partial charge in [0.15, 0.2) is 14.6 Å². The molecule has 0 bridgehead atoms. The minimum atomic E-state index is 0.491. The molecule has 0 unspecified atom stereocenters. The van der Waals surface area contributed by atoms with Gasteiger partial charge < -0.3 is 25.7 Å². The molecule has 0 aromatic heterocycles. The smallest absolute Gasteiger partial charge is 0.196 e. The average molecular weight is 490 g/mol. The van der Waals surface area contributed by atoms with E-state index in [4.69, 9.17) is 25.7 Å². The van der Waals surface area contributed by atoms with Gasteiger partial charge in [-0.2, -0.15) is 0 Å². The van der Waals surface area contributed by atoms with Crippen LogP contribution in [0.25, 0.3) is 0 Å². The van der Waals surface area contributed by atoms with Crippen LogP contribution in [-0.2, 0) is 18.0 Å². The molecule has 37 heavy (non-hydrogen) atoms. The maximum absolute atomic E-state index is 5.96. The van der Waals surface area contributed by atoms with E-state index in [1.807, 2.05) is 48.5 Å². The Morgan fingerprint density at radius 3 is 1.32 bits per heavy atom. The van der Waals surface area contributed by atoms with E-state index >= 15 is 0 Å². The normalized spacial score (nSPS) is 10.6. The first-order chi connectivity index (χ1) is 18.2. The van der Waals surface area contributed by atoms with Crippen molar-refractivity contribution < 1.29 is 14.2 Å². The number of hydrogen-bond acceptors (Lipinski definition) is 5. The Labute approximate surface area is 221 Å². The summed E-state index contributed by atoms with van der Waals surface area (Å²) >= 11 is 0. The summed E-state index contributed by atoms with van der Waals surface area (Å²) in [6.07, 6.45) is 0. The van der Waals surface area contributed by atoms with Crippen LogP contribution in [0.1, 0.15) is 11.1 Å². The Morgan fingerprint density at radius 2 is 0.919 bits per heavy atom. The second-order valence-electron chi connectivity index (χ2n) is 8.61. The lowest BCUT2D eigenvalue weighted by Crippen LogP contribution is -2.29. The molecular formula is C30H32B2N2O3. The molecule has 4 aromatic carbocycles. The lowest BCUT2D eigenvalue weighted by Gasteiger charge is -2.11. The predicted molar refractivity (Wildman–Crippen MR) is 153 cm³/mol. The van der Waals surface area contributed by atoms with E-state index < -0.39 is 0 Å². The Balaban J connectivity index is 1.25. The molecule has 0 saturated carbocycles. The van der Waals surface area contributed by atoms with Crippen molar-refractivity contribution in [3.05, 3.63) is 108 Å². The van der Waals surface area contributed by atoms with E-state index in [1.165, 1.54) is 0 Å². The van der Waals surface area contributed by atoms with Crippen LogP contribution in [0.2, 0.25) is 0 Å². The van der Waals surface area contributed by atoms with Gasteiger partial charge in [-0.05, 0) is 34.2 Å². The van der Waals surface area contributed by atoms with Crippen molar-refractivity contribution >= 4 is 36.4 Å². The Morgan fingerprint density at radius 1 is 0.514 bits per heavy atom. The van der Waals surface area contributed by atoms with Crippen molar-refractivity contribution in [2.45, 2.75) is 13.2 Å². The van der Waals surface area contributed by atoms with Gasteiger partial charge in [0.05, 0.1) is 13.2 Å². The number of hydrogen-bond donors (Lipinski definition) is 2. The van der Waals surface area contributed by atoms with E-state index in [9.17, 15) is 0 Å². The van der Waals surface area contributed by atoms with Crippen molar-refractivity contribution in [1.29, 1.82) is 0 Å². The second-order valence-corrected chi connectivity index (χ2v) is 8.61. The predicted octanol–water partition coefficient (Wildman–Crippen LogP) is 1.39. The maximum atomic E-state index is 5.96. The van der Waals surface area contributed by atoms with Gasteiger partial charge in [-0.1, -0.05) is 95.9 Å². The van der Waals surface area contributed by atoms with E-state index in [1.54, 1.807) is 0 Å². The Kier molecular flexibility index (Phi) is 10.3. The van der Waals surface area contributed by atoms with Crippen LogP contribution in [0.4, 0.5) is 0 Å². The van der Waals surface area contributed by atoms with Crippen molar-refractivity contribution in [3.63, 3.8) is 0 Å². The third kappa shape index (κ3) is 8.25. The average Bonchev–Trinajstić information content (AvgIpc) is 2.94. The highest BCUT2D eigenvalue weighted by Crippen LogP contribution is 2.08. The third-order valence-corrected chi connectivity index (χ3v) is 5.73. The zero-order valence-corrected chi connectivity index (χ0v) is 21.0. The van der Waals surface area contributed by atoms with Gasteiger partial charge in [0.1, 0.15) is 24.7 Å². The summed E-state index contributed by atoms with van der Waals surface area (Å²) in [5, 5.41) is 0. The molecule has 4 rings (SSSR count). The number of benzene rings is 4. The minimum Gasteiger partial charge on any atom is -0.493 e. The van der Waals surface area contributed by atoms with E-state index in [2.05, 4.69) is 63.1 Å². The zero-order valence-electron chi connectivity index (χ0n) is 21.0. The molecule has 0 aliphatic heterocycles. The molecule has 186 valence electrons. The van der Waals surface area contributed by atoms with E-state index in [-0.39, 0.29) is 0 Å². The number of para-hydroxylation sites is 2. The molecule has 0 atom stereocenters.